The van der Waals surface area contributed by atoms with Crippen LogP contribution in [0.15, 0.2) is 75.3 Å². The third-order valence-electron chi connectivity index (χ3n) is 3.19. The minimum atomic E-state index is -0.382. The Morgan fingerprint density at radius 2 is 1.39 bits per heavy atom. The Balaban J connectivity index is 1.69. The van der Waals surface area contributed by atoms with Gasteiger partial charge in [-0.05, 0) is 24.3 Å². The van der Waals surface area contributed by atoms with Gasteiger partial charge in [0.2, 0.25) is 0 Å². The van der Waals surface area contributed by atoms with Gasteiger partial charge in [0.05, 0.1) is 29.0 Å². The van der Waals surface area contributed by atoms with Gasteiger partial charge in [0.1, 0.15) is 11.6 Å². The van der Waals surface area contributed by atoms with Crippen molar-refractivity contribution >= 4 is 29.5 Å². The zero-order chi connectivity index (χ0) is 16.1. The van der Waals surface area contributed by atoms with E-state index < -0.39 is 0 Å². The van der Waals surface area contributed by atoms with Gasteiger partial charge in [0, 0.05) is 12.6 Å². The summed E-state index contributed by atoms with van der Waals surface area (Å²) in [6.07, 6.45) is 5.46. The zero-order valence-electron chi connectivity index (χ0n) is 12.2. The molecule has 0 aromatic heterocycles. The van der Waals surface area contributed by atoms with Crippen LogP contribution in [0.3, 0.4) is 0 Å². The van der Waals surface area contributed by atoms with Crippen molar-refractivity contribution in [3.63, 3.8) is 0 Å². The average molecular weight is 309 g/mol. The van der Waals surface area contributed by atoms with E-state index in [1.807, 2.05) is 6.08 Å². The van der Waals surface area contributed by atoms with E-state index in [0.717, 1.165) is 0 Å². The van der Waals surface area contributed by atoms with E-state index >= 15 is 0 Å². The van der Waals surface area contributed by atoms with Crippen LogP contribution < -0.4 is 0 Å². The van der Waals surface area contributed by atoms with Gasteiger partial charge in [-0.3, -0.25) is 15.0 Å². The molecule has 1 heterocycles. The lowest BCUT2D eigenvalue weighted by atomic mass is 10.3. The lowest BCUT2D eigenvalue weighted by Crippen LogP contribution is -1.94. The molecule has 0 amide bonds. The summed E-state index contributed by atoms with van der Waals surface area (Å²) in [5.41, 5.74) is 1.85. The Morgan fingerprint density at radius 1 is 0.826 bits per heavy atom. The van der Waals surface area contributed by atoms with Gasteiger partial charge in [0.15, 0.2) is 0 Å². The molecule has 0 radical (unpaired) electrons. The van der Waals surface area contributed by atoms with Crippen LogP contribution in [0.5, 0.6) is 0 Å². The van der Waals surface area contributed by atoms with Gasteiger partial charge in [-0.15, -0.1) is 0 Å². The van der Waals surface area contributed by atoms with Crippen molar-refractivity contribution in [3.8, 4) is 0 Å². The van der Waals surface area contributed by atoms with Crippen molar-refractivity contribution in [1.29, 1.82) is 0 Å². The van der Waals surface area contributed by atoms with Crippen molar-refractivity contribution in [3.05, 3.63) is 71.9 Å². The molecule has 0 spiro atoms. The molecule has 0 saturated carbocycles. The normalized spacial score (nSPS) is 14.5. The van der Waals surface area contributed by atoms with Crippen molar-refractivity contribution in [1.82, 2.24) is 0 Å². The van der Waals surface area contributed by atoms with E-state index in [1.54, 1.807) is 36.4 Å². The molecule has 0 aliphatic carbocycles. The number of allylic oxidation sites excluding steroid dienone is 2. The molecule has 0 fully saturated rings. The van der Waals surface area contributed by atoms with Gasteiger partial charge in [-0.25, -0.2) is 8.78 Å². The Kier molecular flexibility index (Phi) is 4.47. The summed E-state index contributed by atoms with van der Waals surface area (Å²) in [6, 6.07) is 12.5. The van der Waals surface area contributed by atoms with Crippen molar-refractivity contribution in [2.75, 3.05) is 0 Å². The molecule has 1 aliphatic rings. The van der Waals surface area contributed by atoms with E-state index in [4.69, 9.17) is 0 Å². The molecular formula is C18H13F2N3. The van der Waals surface area contributed by atoms with Crippen LogP contribution in [0.25, 0.3) is 0 Å². The smallest absolute Gasteiger partial charge is 0.148 e. The lowest BCUT2D eigenvalue weighted by molar-refractivity contribution is 0.630. The van der Waals surface area contributed by atoms with Crippen molar-refractivity contribution in [2.45, 2.75) is 6.42 Å². The Hall–Kier alpha value is -2.95. The van der Waals surface area contributed by atoms with E-state index in [0.29, 0.717) is 17.8 Å². The number of hydrogen-bond donors (Lipinski definition) is 0. The summed E-state index contributed by atoms with van der Waals surface area (Å²) < 4.78 is 26.9. The quantitative estimate of drug-likeness (QED) is 0.728. The van der Waals surface area contributed by atoms with Crippen LogP contribution in [0, 0.1) is 11.6 Å². The predicted molar refractivity (Wildman–Crippen MR) is 89.2 cm³/mol. The number of aliphatic imine (C=N–C) groups is 3. The highest BCUT2D eigenvalue weighted by atomic mass is 19.1. The average Bonchev–Trinajstić information content (AvgIpc) is 3.01. The first-order valence-electron chi connectivity index (χ1n) is 7.07. The molecule has 0 atom stereocenters. The highest BCUT2D eigenvalue weighted by Gasteiger charge is 2.06. The maximum atomic E-state index is 13.5. The van der Waals surface area contributed by atoms with Crippen LogP contribution in [-0.2, 0) is 0 Å². The summed E-state index contributed by atoms with van der Waals surface area (Å²) in [4.78, 5) is 12.5. The van der Waals surface area contributed by atoms with Crippen molar-refractivity contribution in [2.24, 2.45) is 15.0 Å². The lowest BCUT2D eigenvalue weighted by Gasteiger charge is -1.95. The molecule has 3 rings (SSSR count). The molecule has 2 aromatic rings. The molecule has 3 nitrogen and oxygen atoms in total. The summed E-state index contributed by atoms with van der Waals surface area (Å²) in [7, 11) is 0. The van der Waals surface area contributed by atoms with Gasteiger partial charge in [0.25, 0.3) is 0 Å². The predicted octanol–water partition coefficient (Wildman–Crippen LogP) is 4.80. The minimum absolute atomic E-state index is 0.261. The monoisotopic (exact) mass is 309 g/mol. The number of para-hydroxylation sites is 2. The SMILES string of the molecule is Fc1ccccc1N=CC1=CCC(C=Nc2ccccc2F)=N1. The van der Waals surface area contributed by atoms with Gasteiger partial charge in [-0.1, -0.05) is 30.3 Å². The molecule has 0 saturated heterocycles. The Morgan fingerprint density at radius 3 is 2.00 bits per heavy atom. The molecule has 23 heavy (non-hydrogen) atoms. The Bertz CT molecular complexity index is 836. The number of nitrogens with zero attached hydrogens (tertiary/aromatic N) is 3. The second kappa shape index (κ2) is 6.87. The first-order valence-corrected chi connectivity index (χ1v) is 7.07. The molecule has 0 N–H and O–H groups in total. The fraction of sp³-hybridized carbons (Fsp3) is 0.0556. The van der Waals surface area contributed by atoms with E-state index in [-0.39, 0.29) is 23.0 Å². The number of rotatable bonds is 4. The van der Waals surface area contributed by atoms with E-state index in [9.17, 15) is 8.78 Å². The van der Waals surface area contributed by atoms with Gasteiger partial charge < -0.3 is 0 Å². The summed E-state index contributed by atoms with van der Waals surface area (Å²) in [5.74, 6) is -0.760. The number of hydrogen-bond acceptors (Lipinski definition) is 3. The van der Waals surface area contributed by atoms with Crippen LogP contribution in [-0.4, -0.2) is 18.1 Å². The maximum Gasteiger partial charge on any atom is 0.148 e. The van der Waals surface area contributed by atoms with Gasteiger partial charge in [-0.2, -0.15) is 0 Å². The largest absolute Gasteiger partial charge is 0.252 e. The molecular weight excluding hydrogens is 296 g/mol. The fourth-order valence-corrected chi connectivity index (χ4v) is 2.02. The standard InChI is InChI=1S/C18H13F2N3/c19-15-5-1-3-7-17(15)21-11-13-9-10-14(23-13)12-22-18-8-4-2-6-16(18)20/h1-9,11-12H,10H2. The molecule has 0 unspecified atom stereocenters. The van der Waals surface area contributed by atoms with Crippen LogP contribution >= 0.6 is 0 Å². The van der Waals surface area contributed by atoms with Crippen molar-refractivity contribution < 1.29 is 8.78 Å². The van der Waals surface area contributed by atoms with Crippen LogP contribution in [0.2, 0.25) is 0 Å². The zero-order valence-corrected chi connectivity index (χ0v) is 12.2. The highest BCUT2D eigenvalue weighted by molar-refractivity contribution is 6.33. The summed E-state index contributed by atoms with van der Waals surface area (Å²) in [6.45, 7) is 0. The topological polar surface area (TPSA) is 37.1 Å². The van der Waals surface area contributed by atoms with Gasteiger partial charge >= 0.3 is 0 Å². The van der Waals surface area contributed by atoms with E-state index in [1.165, 1.54) is 24.6 Å². The first-order chi connectivity index (χ1) is 11.2. The fourth-order valence-electron chi connectivity index (χ4n) is 2.02. The highest BCUT2D eigenvalue weighted by Crippen LogP contribution is 2.18. The Labute approximate surface area is 132 Å². The summed E-state index contributed by atoms with van der Waals surface area (Å²) in [5, 5.41) is 0. The van der Waals surface area contributed by atoms with E-state index in [2.05, 4.69) is 15.0 Å². The minimum Gasteiger partial charge on any atom is -0.252 e. The second-order valence-electron chi connectivity index (χ2n) is 4.86. The van der Waals surface area contributed by atoms with Crippen LogP contribution in [0.4, 0.5) is 20.2 Å². The van der Waals surface area contributed by atoms with Crippen LogP contribution in [0.1, 0.15) is 6.42 Å². The molecule has 0 bridgehead atoms. The third-order valence-corrected chi connectivity index (χ3v) is 3.19. The maximum absolute atomic E-state index is 13.5. The third kappa shape index (κ3) is 3.83. The number of halogens is 2. The molecule has 5 heteroatoms. The first kappa shape index (κ1) is 15.0. The summed E-state index contributed by atoms with van der Waals surface area (Å²) >= 11 is 0. The molecule has 114 valence electrons. The number of benzene rings is 2. The second-order valence-corrected chi connectivity index (χ2v) is 4.86. The molecule has 1 aliphatic heterocycles. The molecule has 2 aromatic carbocycles.